The first-order valence-corrected chi connectivity index (χ1v) is 12.8. The van der Waals surface area contributed by atoms with E-state index in [1.54, 1.807) is 0 Å². The predicted molar refractivity (Wildman–Crippen MR) is 151 cm³/mol. The van der Waals surface area contributed by atoms with E-state index in [9.17, 15) is 4.79 Å². The number of nitrogens with one attached hydrogen (secondary N) is 1. The summed E-state index contributed by atoms with van der Waals surface area (Å²) in [6, 6.07) is 28.2. The molecule has 0 bridgehead atoms. The van der Waals surface area contributed by atoms with Crippen molar-refractivity contribution in [2.75, 3.05) is 0 Å². The molecule has 0 aliphatic heterocycles. The molecule has 1 saturated carbocycles. The summed E-state index contributed by atoms with van der Waals surface area (Å²) in [6.07, 6.45) is 6.61. The second-order valence-corrected chi connectivity index (χ2v) is 10.1. The third kappa shape index (κ3) is 6.00. The highest BCUT2D eigenvalue weighted by atomic mass is 35.5. The fourth-order valence-corrected chi connectivity index (χ4v) is 5.49. The summed E-state index contributed by atoms with van der Waals surface area (Å²) in [7, 11) is 0. The minimum Gasteiger partial charge on any atom is -0.353 e. The molecule has 5 rings (SSSR count). The van der Waals surface area contributed by atoms with Crippen molar-refractivity contribution in [1.82, 2.24) is 9.88 Å². The number of para-hydroxylation sites is 1. The van der Waals surface area contributed by atoms with Crippen LogP contribution in [0, 0.1) is 6.92 Å². The Hall–Kier alpha value is -3.08. The van der Waals surface area contributed by atoms with Crippen LogP contribution in [0.25, 0.3) is 10.9 Å². The Bertz CT molecular complexity index is 1290. The Labute approximate surface area is 220 Å². The predicted octanol–water partition coefficient (Wildman–Crippen LogP) is 6.33. The Morgan fingerprint density at radius 1 is 0.972 bits per heavy atom. The lowest BCUT2D eigenvalue weighted by atomic mass is 9.86. The topological polar surface area (TPSA) is 60.1 Å². The van der Waals surface area contributed by atoms with Crippen LogP contribution in [0.3, 0.4) is 0 Å². The minimum absolute atomic E-state index is 0. The number of hydrogen-bond acceptors (Lipinski definition) is 2. The van der Waals surface area contributed by atoms with Crippen LogP contribution < -0.4 is 11.1 Å². The molecule has 188 valence electrons. The molecular weight excluding hydrogens is 466 g/mol. The molecular formula is C31H36ClN3O. The summed E-state index contributed by atoms with van der Waals surface area (Å²) in [6.45, 7) is 2.92. The van der Waals surface area contributed by atoms with Gasteiger partial charge in [0, 0.05) is 48.1 Å². The monoisotopic (exact) mass is 501 g/mol. The fourth-order valence-electron chi connectivity index (χ4n) is 5.49. The van der Waals surface area contributed by atoms with Gasteiger partial charge >= 0.3 is 0 Å². The molecule has 1 aliphatic carbocycles. The van der Waals surface area contributed by atoms with Crippen molar-refractivity contribution >= 4 is 29.2 Å². The maximum Gasteiger partial charge on any atom is 0.221 e. The van der Waals surface area contributed by atoms with Gasteiger partial charge in [-0.05, 0) is 55.4 Å². The number of rotatable bonds is 7. The smallest absolute Gasteiger partial charge is 0.221 e. The normalized spacial score (nSPS) is 18.4. The highest BCUT2D eigenvalue weighted by Gasteiger charge is 2.25. The van der Waals surface area contributed by atoms with Crippen LogP contribution in [0.2, 0.25) is 0 Å². The van der Waals surface area contributed by atoms with Crippen molar-refractivity contribution in [1.29, 1.82) is 0 Å². The maximum atomic E-state index is 13.3. The van der Waals surface area contributed by atoms with Gasteiger partial charge in [-0.3, -0.25) is 4.79 Å². The first-order chi connectivity index (χ1) is 17.1. The number of carbonyl (C=O) groups excluding carboxylic acids is 1. The quantitative estimate of drug-likeness (QED) is 0.311. The van der Waals surface area contributed by atoms with Gasteiger partial charge in [-0.1, -0.05) is 78.4 Å². The molecule has 0 radical (unpaired) electrons. The van der Waals surface area contributed by atoms with Crippen molar-refractivity contribution in [2.24, 2.45) is 5.73 Å². The molecule has 1 aromatic heterocycles. The van der Waals surface area contributed by atoms with E-state index < -0.39 is 0 Å². The lowest BCUT2D eigenvalue weighted by Crippen LogP contribution is -2.40. The van der Waals surface area contributed by atoms with E-state index in [0.29, 0.717) is 6.42 Å². The van der Waals surface area contributed by atoms with E-state index in [2.05, 4.69) is 102 Å². The lowest BCUT2D eigenvalue weighted by Gasteiger charge is -2.27. The zero-order valence-corrected chi connectivity index (χ0v) is 21.7. The van der Waals surface area contributed by atoms with E-state index in [1.807, 2.05) is 0 Å². The molecule has 3 aromatic carbocycles. The van der Waals surface area contributed by atoms with Crippen molar-refractivity contribution in [3.8, 4) is 0 Å². The van der Waals surface area contributed by atoms with Gasteiger partial charge in [0.25, 0.3) is 0 Å². The van der Waals surface area contributed by atoms with E-state index in [0.717, 1.165) is 32.2 Å². The Morgan fingerprint density at radius 2 is 1.69 bits per heavy atom. The molecule has 1 unspecified atom stereocenters. The summed E-state index contributed by atoms with van der Waals surface area (Å²) in [5.41, 5.74) is 12.1. The molecule has 1 amide bonds. The van der Waals surface area contributed by atoms with Crippen LogP contribution in [-0.2, 0) is 11.3 Å². The van der Waals surface area contributed by atoms with Crippen molar-refractivity contribution in [2.45, 2.75) is 63.6 Å². The SMILES string of the molecule is Cc1cccc(C(CC(=O)NC2CCC(N)CC2)c2cn(Cc3ccccc3)c3ccccc23)c1.Cl. The molecule has 3 N–H and O–H groups in total. The van der Waals surface area contributed by atoms with E-state index in [1.165, 1.54) is 33.2 Å². The Morgan fingerprint density at radius 3 is 2.44 bits per heavy atom. The summed E-state index contributed by atoms with van der Waals surface area (Å²) in [5, 5.41) is 4.53. The van der Waals surface area contributed by atoms with Crippen LogP contribution in [0.5, 0.6) is 0 Å². The van der Waals surface area contributed by atoms with Crippen LogP contribution in [0.1, 0.15) is 60.3 Å². The number of nitrogens with zero attached hydrogens (tertiary/aromatic N) is 1. The summed E-state index contributed by atoms with van der Waals surface area (Å²) >= 11 is 0. The molecule has 1 aliphatic rings. The average Bonchev–Trinajstić information content (AvgIpc) is 3.23. The number of hydrogen-bond donors (Lipinski definition) is 2. The van der Waals surface area contributed by atoms with Gasteiger partial charge in [-0.25, -0.2) is 0 Å². The van der Waals surface area contributed by atoms with E-state index in [-0.39, 0.29) is 36.3 Å². The third-order valence-corrected chi connectivity index (χ3v) is 7.36. The fraction of sp³-hybridized carbons (Fsp3) is 0.323. The maximum absolute atomic E-state index is 13.3. The zero-order valence-electron chi connectivity index (χ0n) is 20.9. The summed E-state index contributed by atoms with van der Waals surface area (Å²) in [4.78, 5) is 13.3. The molecule has 1 fully saturated rings. The molecule has 4 nitrogen and oxygen atoms in total. The summed E-state index contributed by atoms with van der Waals surface area (Å²) < 4.78 is 2.32. The van der Waals surface area contributed by atoms with E-state index >= 15 is 0 Å². The molecule has 1 atom stereocenters. The molecule has 36 heavy (non-hydrogen) atoms. The number of aromatic nitrogens is 1. The third-order valence-electron chi connectivity index (χ3n) is 7.36. The standard InChI is InChI=1S/C31H35N3O.ClH/c1-22-8-7-11-24(18-22)28(19-31(35)33-26-16-14-25(32)15-17-26)29-21-34(20-23-9-3-2-4-10-23)30-13-6-5-12-27(29)30;/h2-13,18,21,25-26,28H,14-17,19-20,32H2,1H3,(H,33,35);1H. The lowest BCUT2D eigenvalue weighted by molar-refractivity contribution is -0.122. The first kappa shape index (κ1) is 26.0. The second-order valence-electron chi connectivity index (χ2n) is 10.1. The number of halogens is 1. The minimum atomic E-state index is -0.0114. The number of nitrogens with two attached hydrogens (primary N) is 1. The zero-order chi connectivity index (χ0) is 24.2. The van der Waals surface area contributed by atoms with Crippen LogP contribution in [-0.4, -0.2) is 22.6 Å². The van der Waals surface area contributed by atoms with Crippen molar-refractivity contribution < 1.29 is 4.79 Å². The number of aryl methyl sites for hydroxylation is 1. The van der Waals surface area contributed by atoms with Gasteiger partial charge in [0.1, 0.15) is 0 Å². The summed E-state index contributed by atoms with van der Waals surface area (Å²) in [5.74, 6) is 0.111. The van der Waals surface area contributed by atoms with Gasteiger partial charge in [0.15, 0.2) is 0 Å². The second kappa shape index (κ2) is 11.8. The van der Waals surface area contributed by atoms with Crippen LogP contribution >= 0.6 is 12.4 Å². The number of fused-ring (bicyclic) bond motifs is 1. The average molecular weight is 502 g/mol. The Balaban J connectivity index is 0.00000304. The molecule has 0 saturated heterocycles. The first-order valence-electron chi connectivity index (χ1n) is 12.8. The Kier molecular flexibility index (Phi) is 8.50. The molecule has 4 aromatic rings. The van der Waals surface area contributed by atoms with E-state index in [4.69, 9.17) is 5.73 Å². The number of amides is 1. The van der Waals surface area contributed by atoms with Crippen molar-refractivity contribution in [3.63, 3.8) is 0 Å². The van der Waals surface area contributed by atoms with Gasteiger partial charge in [-0.2, -0.15) is 0 Å². The number of carbonyl (C=O) groups is 1. The van der Waals surface area contributed by atoms with Gasteiger partial charge < -0.3 is 15.6 Å². The molecule has 1 heterocycles. The molecule has 0 spiro atoms. The van der Waals surface area contributed by atoms with Crippen LogP contribution in [0.4, 0.5) is 0 Å². The number of benzene rings is 3. The van der Waals surface area contributed by atoms with Gasteiger partial charge in [0.2, 0.25) is 5.91 Å². The largest absolute Gasteiger partial charge is 0.353 e. The van der Waals surface area contributed by atoms with Crippen LogP contribution in [0.15, 0.2) is 85.1 Å². The highest BCUT2D eigenvalue weighted by molar-refractivity contribution is 5.87. The molecule has 5 heteroatoms. The van der Waals surface area contributed by atoms with Gasteiger partial charge in [0.05, 0.1) is 0 Å². The van der Waals surface area contributed by atoms with Crippen molar-refractivity contribution in [3.05, 3.63) is 107 Å². The van der Waals surface area contributed by atoms with Gasteiger partial charge in [-0.15, -0.1) is 12.4 Å². The highest BCUT2D eigenvalue weighted by Crippen LogP contribution is 2.35.